The van der Waals surface area contributed by atoms with Gasteiger partial charge in [0.25, 0.3) is 0 Å². The van der Waals surface area contributed by atoms with Crippen LogP contribution < -0.4 is 10.6 Å². The third kappa shape index (κ3) is 5.14. The number of guanidine groups is 1. The Morgan fingerprint density at radius 2 is 2.00 bits per heavy atom. The van der Waals surface area contributed by atoms with Crippen molar-refractivity contribution in [3.63, 3.8) is 0 Å². The molecule has 124 valence electrons. The summed E-state index contributed by atoms with van der Waals surface area (Å²) in [6, 6.07) is 0. The number of aromatic nitrogens is 2. The van der Waals surface area contributed by atoms with Crippen molar-refractivity contribution >= 4 is 29.9 Å². The van der Waals surface area contributed by atoms with E-state index in [0.717, 1.165) is 43.2 Å². The molecule has 2 fully saturated rings. The number of nitrogens with one attached hydrogen (secondary N) is 2. The first-order valence-electron chi connectivity index (χ1n) is 8.18. The van der Waals surface area contributed by atoms with Gasteiger partial charge in [0.2, 0.25) is 0 Å². The fraction of sp³-hybridized carbons (Fsp3) is 0.750. The average molecular weight is 417 g/mol. The van der Waals surface area contributed by atoms with Crippen molar-refractivity contribution in [1.82, 2.24) is 20.4 Å². The number of hydrogen-bond donors (Lipinski definition) is 2. The summed E-state index contributed by atoms with van der Waals surface area (Å²) in [6.07, 6.45) is 10.7. The van der Waals surface area contributed by atoms with E-state index in [-0.39, 0.29) is 24.0 Å². The van der Waals surface area contributed by atoms with Crippen molar-refractivity contribution in [2.45, 2.75) is 32.1 Å². The fourth-order valence-electron chi connectivity index (χ4n) is 3.13. The van der Waals surface area contributed by atoms with Crippen molar-refractivity contribution < 1.29 is 0 Å². The second-order valence-corrected chi connectivity index (χ2v) is 6.49. The van der Waals surface area contributed by atoms with Crippen LogP contribution in [0.15, 0.2) is 17.4 Å². The van der Waals surface area contributed by atoms with Gasteiger partial charge in [0.15, 0.2) is 5.96 Å². The van der Waals surface area contributed by atoms with Gasteiger partial charge in [-0.1, -0.05) is 0 Å². The highest BCUT2D eigenvalue weighted by Crippen LogP contribution is 2.48. The van der Waals surface area contributed by atoms with E-state index in [4.69, 9.17) is 0 Å². The van der Waals surface area contributed by atoms with Crippen molar-refractivity contribution in [3.05, 3.63) is 18.0 Å². The molecule has 1 heterocycles. The monoisotopic (exact) mass is 417 g/mol. The molecule has 0 amide bonds. The van der Waals surface area contributed by atoms with Gasteiger partial charge in [-0.2, -0.15) is 5.10 Å². The molecular weight excluding hydrogens is 389 g/mol. The van der Waals surface area contributed by atoms with Gasteiger partial charge >= 0.3 is 0 Å². The maximum Gasteiger partial charge on any atom is 0.190 e. The minimum absolute atomic E-state index is 0. The lowest BCUT2D eigenvalue weighted by Gasteiger charge is -2.18. The van der Waals surface area contributed by atoms with Crippen LogP contribution in [0.3, 0.4) is 0 Å². The van der Waals surface area contributed by atoms with Crippen LogP contribution in [-0.4, -0.2) is 35.9 Å². The summed E-state index contributed by atoms with van der Waals surface area (Å²) < 4.78 is 1.85. The molecule has 0 saturated heterocycles. The van der Waals surface area contributed by atoms with E-state index in [0.29, 0.717) is 0 Å². The van der Waals surface area contributed by atoms with Crippen molar-refractivity contribution in [2.24, 2.45) is 29.8 Å². The molecule has 5 nitrogen and oxygen atoms in total. The van der Waals surface area contributed by atoms with E-state index in [1.54, 1.807) is 0 Å². The molecule has 1 aromatic rings. The number of rotatable bonds is 7. The zero-order valence-electron chi connectivity index (χ0n) is 13.6. The molecule has 0 unspecified atom stereocenters. The minimum Gasteiger partial charge on any atom is -0.356 e. The second-order valence-electron chi connectivity index (χ2n) is 6.49. The first-order valence-corrected chi connectivity index (χ1v) is 8.18. The molecule has 2 N–H and O–H groups in total. The smallest absolute Gasteiger partial charge is 0.190 e. The largest absolute Gasteiger partial charge is 0.356 e. The first kappa shape index (κ1) is 17.6. The van der Waals surface area contributed by atoms with Crippen molar-refractivity contribution in [3.8, 4) is 0 Å². The van der Waals surface area contributed by atoms with Crippen LogP contribution in [0, 0.1) is 17.8 Å². The lowest BCUT2D eigenvalue weighted by Crippen LogP contribution is -2.41. The highest BCUT2D eigenvalue weighted by Gasteiger charge is 2.41. The Morgan fingerprint density at radius 1 is 1.32 bits per heavy atom. The summed E-state index contributed by atoms with van der Waals surface area (Å²) in [4.78, 5) is 4.33. The highest BCUT2D eigenvalue weighted by molar-refractivity contribution is 14.0. The molecule has 2 saturated carbocycles. The maximum atomic E-state index is 4.33. The van der Waals surface area contributed by atoms with E-state index < -0.39 is 0 Å². The molecule has 0 atom stereocenters. The molecular formula is C16H28IN5. The SMILES string of the molecule is CN=C(NCCc1cnn(C)c1)NCC(C1CC1)C1CC1.I. The van der Waals surface area contributed by atoms with Crippen LogP contribution >= 0.6 is 24.0 Å². The summed E-state index contributed by atoms with van der Waals surface area (Å²) in [5.74, 6) is 3.78. The van der Waals surface area contributed by atoms with Crippen LogP contribution in [0.5, 0.6) is 0 Å². The lowest BCUT2D eigenvalue weighted by molar-refractivity contribution is 0.400. The molecule has 3 rings (SSSR count). The molecule has 6 heteroatoms. The Bertz CT molecular complexity index is 478. The van der Waals surface area contributed by atoms with Gasteiger partial charge in [-0.25, -0.2) is 0 Å². The van der Waals surface area contributed by atoms with Crippen molar-refractivity contribution in [1.29, 1.82) is 0 Å². The number of aliphatic imine (C=N–C) groups is 1. The molecule has 2 aliphatic rings. The number of nitrogens with zero attached hydrogens (tertiary/aromatic N) is 3. The van der Waals surface area contributed by atoms with Gasteiger partial charge in [0.05, 0.1) is 6.20 Å². The predicted molar refractivity (Wildman–Crippen MR) is 101 cm³/mol. The summed E-state index contributed by atoms with van der Waals surface area (Å²) in [5, 5.41) is 11.1. The fourth-order valence-corrected chi connectivity index (χ4v) is 3.13. The standard InChI is InChI=1S/C16H27N5.HI/c1-17-16(18-8-7-12-9-20-21(2)11-12)19-10-15(13-3-4-13)14-5-6-14;/h9,11,13-15H,3-8,10H2,1-2H3,(H2,17,18,19);1H. The highest BCUT2D eigenvalue weighted by atomic mass is 127. The molecule has 0 aromatic carbocycles. The summed E-state index contributed by atoms with van der Waals surface area (Å²) in [5.41, 5.74) is 1.26. The van der Waals surface area contributed by atoms with Gasteiger partial charge < -0.3 is 10.6 Å². The van der Waals surface area contributed by atoms with E-state index in [2.05, 4.69) is 26.9 Å². The summed E-state index contributed by atoms with van der Waals surface area (Å²) in [7, 11) is 3.80. The van der Waals surface area contributed by atoms with Crippen LogP contribution in [-0.2, 0) is 13.5 Å². The van der Waals surface area contributed by atoms with Crippen LogP contribution in [0.25, 0.3) is 0 Å². The molecule has 1 aromatic heterocycles. The zero-order chi connectivity index (χ0) is 14.7. The van der Waals surface area contributed by atoms with E-state index in [1.165, 1.54) is 31.2 Å². The average Bonchev–Trinajstić information content (AvgIpc) is 3.38. The number of hydrogen-bond acceptors (Lipinski definition) is 2. The Balaban J connectivity index is 0.00000176. The van der Waals surface area contributed by atoms with Crippen LogP contribution in [0.1, 0.15) is 31.2 Å². The number of aryl methyl sites for hydroxylation is 1. The Hall–Kier alpha value is -0.790. The maximum absolute atomic E-state index is 4.33. The Morgan fingerprint density at radius 3 is 2.50 bits per heavy atom. The molecule has 0 spiro atoms. The predicted octanol–water partition coefficient (Wildman–Crippen LogP) is 2.18. The third-order valence-electron chi connectivity index (χ3n) is 4.65. The van der Waals surface area contributed by atoms with E-state index >= 15 is 0 Å². The minimum atomic E-state index is 0. The summed E-state index contributed by atoms with van der Waals surface area (Å²) in [6.45, 7) is 1.98. The molecule has 2 aliphatic carbocycles. The van der Waals surface area contributed by atoms with Gasteiger partial charge in [0, 0.05) is 33.4 Å². The molecule has 0 aliphatic heterocycles. The van der Waals surface area contributed by atoms with Crippen LogP contribution in [0.4, 0.5) is 0 Å². The lowest BCUT2D eigenvalue weighted by atomic mass is 9.98. The first-order chi connectivity index (χ1) is 10.3. The van der Waals surface area contributed by atoms with Gasteiger partial charge in [-0.05, 0) is 55.4 Å². The molecule has 22 heavy (non-hydrogen) atoms. The quantitative estimate of drug-likeness (QED) is 0.406. The second kappa shape index (κ2) is 8.17. The van der Waals surface area contributed by atoms with Crippen molar-refractivity contribution in [2.75, 3.05) is 20.1 Å². The Kier molecular flexibility index (Phi) is 6.52. The van der Waals surface area contributed by atoms with E-state index in [1.807, 2.05) is 25.0 Å². The molecule has 0 radical (unpaired) electrons. The zero-order valence-corrected chi connectivity index (χ0v) is 15.9. The van der Waals surface area contributed by atoms with E-state index in [9.17, 15) is 0 Å². The molecule has 0 bridgehead atoms. The summed E-state index contributed by atoms with van der Waals surface area (Å²) >= 11 is 0. The number of halogens is 1. The topological polar surface area (TPSA) is 54.2 Å². The third-order valence-corrected chi connectivity index (χ3v) is 4.65. The normalized spacial score (nSPS) is 18.2. The van der Waals surface area contributed by atoms with Gasteiger partial charge in [-0.15, -0.1) is 24.0 Å². The van der Waals surface area contributed by atoms with Gasteiger partial charge in [-0.3, -0.25) is 9.67 Å². The Labute approximate surface area is 150 Å². The van der Waals surface area contributed by atoms with Crippen LogP contribution in [0.2, 0.25) is 0 Å². The van der Waals surface area contributed by atoms with Gasteiger partial charge in [0.1, 0.15) is 0 Å².